The number of benzene rings is 2. The Balaban J connectivity index is 1.38. The zero-order valence-corrected chi connectivity index (χ0v) is 14.2. The summed E-state index contributed by atoms with van der Waals surface area (Å²) in [6.45, 7) is 0. The van der Waals surface area contributed by atoms with Crippen LogP contribution in [0.1, 0.15) is 15.9 Å². The summed E-state index contributed by atoms with van der Waals surface area (Å²) >= 11 is 0. The smallest absolute Gasteiger partial charge is 0.244 e. The fourth-order valence-electron chi connectivity index (χ4n) is 3.46. The maximum atomic E-state index is 12.5. The highest BCUT2D eigenvalue weighted by molar-refractivity contribution is 6.28. The van der Waals surface area contributed by atoms with Gasteiger partial charge in [0, 0.05) is 16.8 Å². The number of carbonyl (C=O) groups excluding carboxylic acids is 1. The second-order valence-corrected chi connectivity index (χ2v) is 6.29. The highest BCUT2D eigenvalue weighted by atomic mass is 16.1. The maximum absolute atomic E-state index is 12.5. The molecule has 0 fully saturated rings. The third-order valence-corrected chi connectivity index (χ3v) is 4.69. The number of ketones is 1. The van der Waals surface area contributed by atoms with Crippen molar-refractivity contribution in [1.29, 1.82) is 0 Å². The van der Waals surface area contributed by atoms with Crippen molar-refractivity contribution in [3.8, 4) is 11.1 Å². The van der Waals surface area contributed by atoms with Gasteiger partial charge in [-0.25, -0.2) is 24.9 Å². The van der Waals surface area contributed by atoms with E-state index in [1.807, 2.05) is 42.5 Å². The molecule has 0 saturated heterocycles. The van der Waals surface area contributed by atoms with Crippen LogP contribution in [0.5, 0.6) is 0 Å². The van der Waals surface area contributed by atoms with Crippen LogP contribution in [0.3, 0.4) is 0 Å². The zero-order valence-electron chi connectivity index (χ0n) is 14.2. The SMILES string of the molecule is O=C1c2ccccc2-c2cc(NC3=NC4=NC=NC5=NC=NC(=N3)N54)ccc21. The number of nitrogens with one attached hydrogen (secondary N) is 1. The minimum Gasteiger partial charge on any atom is -0.324 e. The van der Waals surface area contributed by atoms with Crippen molar-refractivity contribution < 1.29 is 4.79 Å². The van der Waals surface area contributed by atoms with Crippen molar-refractivity contribution >= 4 is 48.0 Å². The number of carbonyl (C=O) groups is 1. The number of rotatable bonds is 1. The standard InChI is InChI=1S/C19H10N8O/c28-15-12-4-2-1-3-11(12)14-7-10(5-6-13(14)15)24-16-25-18-22-8-20-17-21-9-23-19(26-16)27(17)18/h1-9H,(H,20,21,22,23,24,25,26). The lowest BCUT2D eigenvalue weighted by molar-refractivity contribution is 0.104. The average Bonchev–Trinajstić information content (AvgIpc) is 3.01. The Morgan fingerprint density at radius 2 is 1.50 bits per heavy atom. The molecule has 0 unspecified atom stereocenters. The molecular formula is C19H10N8O. The lowest BCUT2D eigenvalue weighted by atomic mass is 10.1. The van der Waals surface area contributed by atoms with Gasteiger partial charge >= 0.3 is 0 Å². The molecule has 0 bridgehead atoms. The van der Waals surface area contributed by atoms with Gasteiger partial charge in [0.2, 0.25) is 23.8 Å². The first-order valence-corrected chi connectivity index (χ1v) is 8.51. The van der Waals surface area contributed by atoms with Gasteiger partial charge in [0.05, 0.1) is 0 Å². The number of anilines is 1. The molecule has 1 aliphatic carbocycles. The molecule has 132 valence electrons. The molecule has 6 rings (SSSR count). The predicted molar refractivity (Wildman–Crippen MR) is 107 cm³/mol. The number of guanidine groups is 4. The molecular weight excluding hydrogens is 356 g/mol. The van der Waals surface area contributed by atoms with Gasteiger partial charge in [-0.15, -0.1) is 0 Å². The van der Waals surface area contributed by atoms with Gasteiger partial charge in [-0.2, -0.15) is 9.98 Å². The summed E-state index contributed by atoms with van der Waals surface area (Å²) in [5, 5.41) is 3.18. The molecule has 0 amide bonds. The van der Waals surface area contributed by atoms with Gasteiger partial charge < -0.3 is 5.32 Å². The van der Waals surface area contributed by atoms with Gasteiger partial charge in [-0.1, -0.05) is 24.3 Å². The largest absolute Gasteiger partial charge is 0.324 e. The van der Waals surface area contributed by atoms with Gasteiger partial charge in [0.1, 0.15) is 12.7 Å². The number of hydrogen-bond acceptors (Lipinski definition) is 9. The Morgan fingerprint density at radius 3 is 2.39 bits per heavy atom. The Kier molecular flexibility index (Phi) is 2.85. The summed E-state index contributed by atoms with van der Waals surface area (Å²) in [6.07, 6.45) is 2.79. The first-order valence-electron chi connectivity index (χ1n) is 8.51. The molecule has 9 nitrogen and oxygen atoms in total. The summed E-state index contributed by atoms with van der Waals surface area (Å²) in [5.74, 6) is 1.59. The molecule has 0 spiro atoms. The number of fused-ring (bicyclic) bond motifs is 3. The van der Waals surface area contributed by atoms with E-state index in [9.17, 15) is 4.79 Å². The maximum Gasteiger partial charge on any atom is 0.244 e. The van der Waals surface area contributed by atoms with E-state index in [0.717, 1.165) is 22.4 Å². The Morgan fingerprint density at radius 1 is 0.750 bits per heavy atom. The minimum absolute atomic E-state index is 0.0437. The summed E-state index contributed by atoms with van der Waals surface area (Å²) in [7, 11) is 0. The monoisotopic (exact) mass is 366 g/mol. The number of nitrogens with zero attached hydrogens (tertiary/aromatic N) is 7. The second kappa shape index (κ2) is 5.36. The summed E-state index contributed by atoms with van der Waals surface area (Å²) in [4.78, 5) is 39.4. The van der Waals surface area contributed by atoms with E-state index >= 15 is 0 Å². The van der Waals surface area contributed by atoms with E-state index in [1.165, 1.54) is 12.7 Å². The van der Waals surface area contributed by atoms with Crippen LogP contribution in [-0.2, 0) is 0 Å². The third-order valence-electron chi connectivity index (χ3n) is 4.69. The van der Waals surface area contributed by atoms with E-state index in [0.29, 0.717) is 29.4 Å². The molecule has 0 aromatic heterocycles. The third kappa shape index (κ3) is 2.04. The van der Waals surface area contributed by atoms with Gasteiger partial charge in [0.15, 0.2) is 5.78 Å². The van der Waals surface area contributed by atoms with E-state index in [-0.39, 0.29) is 5.78 Å². The fraction of sp³-hybridized carbons (Fsp3) is 0. The zero-order chi connectivity index (χ0) is 18.7. The molecule has 2 aromatic carbocycles. The average molecular weight is 366 g/mol. The van der Waals surface area contributed by atoms with Crippen LogP contribution in [0.25, 0.3) is 11.1 Å². The molecule has 1 N–H and O–H groups in total. The van der Waals surface area contributed by atoms with Crippen molar-refractivity contribution in [1.82, 2.24) is 4.90 Å². The van der Waals surface area contributed by atoms with Gasteiger partial charge in [-0.3, -0.25) is 4.79 Å². The first-order chi connectivity index (χ1) is 13.8. The van der Waals surface area contributed by atoms with Crippen molar-refractivity contribution in [3.05, 3.63) is 53.6 Å². The molecule has 0 atom stereocenters. The highest BCUT2D eigenvalue weighted by Gasteiger charge is 2.31. The van der Waals surface area contributed by atoms with Crippen molar-refractivity contribution in [3.63, 3.8) is 0 Å². The molecule has 9 heteroatoms. The van der Waals surface area contributed by atoms with Crippen LogP contribution in [0.4, 0.5) is 5.69 Å². The van der Waals surface area contributed by atoms with Crippen molar-refractivity contribution in [2.45, 2.75) is 0 Å². The molecule has 4 aliphatic rings. The van der Waals surface area contributed by atoms with Crippen LogP contribution < -0.4 is 5.32 Å². The van der Waals surface area contributed by atoms with Gasteiger partial charge in [-0.05, 0) is 29.3 Å². The Bertz CT molecular complexity index is 1260. The lowest BCUT2D eigenvalue weighted by Crippen LogP contribution is -2.46. The first kappa shape index (κ1) is 14.9. The summed E-state index contributed by atoms with van der Waals surface area (Å²) < 4.78 is 0. The molecule has 3 aliphatic heterocycles. The molecule has 3 heterocycles. The van der Waals surface area contributed by atoms with E-state index in [1.54, 1.807) is 4.90 Å². The van der Waals surface area contributed by atoms with Crippen molar-refractivity contribution in [2.24, 2.45) is 30.0 Å². The van der Waals surface area contributed by atoms with E-state index < -0.39 is 0 Å². The molecule has 0 radical (unpaired) electrons. The highest BCUT2D eigenvalue weighted by Crippen LogP contribution is 2.37. The van der Waals surface area contributed by atoms with Crippen LogP contribution >= 0.6 is 0 Å². The fourth-order valence-corrected chi connectivity index (χ4v) is 3.46. The Hall–Kier alpha value is -4.27. The predicted octanol–water partition coefficient (Wildman–Crippen LogP) is 2.13. The Labute approximate surface area is 158 Å². The van der Waals surface area contributed by atoms with Crippen LogP contribution in [0.2, 0.25) is 0 Å². The van der Waals surface area contributed by atoms with Crippen LogP contribution in [0.15, 0.2) is 72.4 Å². The molecule has 2 aromatic rings. The van der Waals surface area contributed by atoms with E-state index in [2.05, 4.69) is 35.3 Å². The topological polar surface area (TPSA) is 106 Å². The lowest BCUT2D eigenvalue weighted by Gasteiger charge is -2.27. The molecule has 0 saturated carbocycles. The number of aliphatic imine (C=N–C) groups is 6. The normalized spacial score (nSPS) is 17.9. The van der Waals surface area contributed by atoms with Crippen LogP contribution in [0, 0.1) is 0 Å². The minimum atomic E-state index is 0.0437. The molecule has 28 heavy (non-hydrogen) atoms. The van der Waals surface area contributed by atoms with Gasteiger partial charge in [0.25, 0.3) is 0 Å². The number of hydrogen-bond donors (Lipinski definition) is 1. The summed E-state index contributed by atoms with van der Waals surface area (Å²) in [5.41, 5.74) is 4.00. The summed E-state index contributed by atoms with van der Waals surface area (Å²) in [6, 6.07) is 13.2. The van der Waals surface area contributed by atoms with Crippen molar-refractivity contribution in [2.75, 3.05) is 5.32 Å². The van der Waals surface area contributed by atoms with Crippen LogP contribution in [-0.4, -0.2) is 47.2 Å². The van der Waals surface area contributed by atoms with E-state index in [4.69, 9.17) is 0 Å². The second-order valence-electron chi connectivity index (χ2n) is 6.29. The quantitative estimate of drug-likeness (QED) is 0.713.